The molecule has 0 atom stereocenters. The first kappa shape index (κ1) is 14.0. The fourth-order valence-electron chi connectivity index (χ4n) is 1.71. The maximum atomic E-state index is 11.5. The molecule has 0 aliphatic heterocycles. The molecule has 0 aromatic carbocycles. The van der Waals surface area contributed by atoms with E-state index in [2.05, 4.69) is 15.3 Å². The van der Waals surface area contributed by atoms with Gasteiger partial charge in [-0.25, -0.2) is 9.78 Å². The average Bonchev–Trinajstić information content (AvgIpc) is 2.47. The minimum absolute atomic E-state index is 0.355. The molecule has 20 heavy (non-hydrogen) atoms. The molecule has 0 aliphatic carbocycles. The standard InChI is InChI=1S/C15H17N3O2/c1-3-20-15(19)12-6-7-14(17-9-12)18-10-13-11(2)5-4-8-16-13/h4-9H,3,10H2,1-2H3,(H,17,18). The third kappa shape index (κ3) is 3.54. The molecule has 5 nitrogen and oxygen atoms in total. The Morgan fingerprint density at radius 2 is 2.15 bits per heavy atom. The third-order valence-electron chi connectivity index (χ3n) is 2.83. The van der Waals surface area contributed by atoms with Gasteiger partial charge in [0.25, 0.3) is 0 Å². The maximum absolute atomic E-state index is 11.5. The van der Waals surface area contributed by atoms with Crippen LogP contribution in [0.5, 0.6) is 0 Å². The number of pyridine rings is 2. The number of rotatable bonds is 5. The fraction of sp³-hybridized carbons (Fsp3) is 0.267. The molecule has 0 unspecified atom stereocenters. The van der Waals surface area contributed by atoms with Crippen molar-refractivity contribution >= 4 is 11.8 Å². The van der Waals surface area contributed by atoms with Crippen LogP contribution in [0.3, 0.4) is 0 Å². The highest BCUT2D eigenvalue weighted by atomic mass is 16.5. The van der Waals surface area contributed by atoms with Gasteiger partial charge in [0.05, 0.1) is 24.4 Å². The van der Waals surface area contributed by atoms with Crippen molar-refractivity contribution in [3.63, 3.8) is 0 Å². The number of esters is 1. The molecular formula is C15H17N3O2. The molecule has 0 amide bonds. The van der Waals surface area contributed by atoms with Gasteiger partial charge in [-0.2, -0.15) is 0 Å². The van der Waals surface area contributed by atoms with Crippen LogP contribution < -0.4 is 5.32 Å². The molecule has 2 aromatic heterocycles. The molecule has 0 saturated carbocycles. The minimum Gasteiger partial charge on any atom is -0.462 e. The summed E-state index contributed by atoms with van der Waals surface area (Å²) in [5, 5.41) is 3.17. The van der Waals surface area contributed by atoms with Crippen LogP contribution in [-0.4, -0.2) is 22.5 Å². The number of aromatic nitrogens is 2. The maximum Gasteiger partial charge on any atom is 0.339 e. The van der Waals surface area contributed by atoms with E-state index in [4.69, 9.17) is 4.74 Å². The lowest BCUT2D eigenvalue weighted by molar-refractivity contribution is 0.0526. The molecule has 2 rings (SSSR count). The van der Waals surface area contributed by atoms with Crippen molar-refractivity contribution in [2.45, 2.75) is 20.4 Å². The number of hydrogen-bond acceptors (Lipinski definition) is 5. The molecule has 2 aromatic rings. The van der Waals surface area contributed by atoms with Gasteiger partial charge in [0, 0.05) is 12.4 Å². The van der Waals surface area contributed by atoms with Gasteiger partial charge in [-0.1, -0.05) is 6.07 Å². The number of nitrogens with one attached hydrogen (secondary N) is 1. The van der Waals surface area contributed by atoms with E-state index in [1.54, 1.807) is 25.3 Å². The zero-order valence-electron chi connectivity index (χ0n) is 11.6. The summed E-state index contributed by atoms with van der Waals surface area (Å²) in [5.74, 6) is 0.343. The first-order valence-corrected chi connectivity index (χ1v) is 6.48. The molecular weight excluding hydrogens is 254 g/mol. The summed E-state index contributed by atoms with van der Waals surface area (Å²) < 4.78 is 4.90. The molecule has 0 fully saturated rings. The van der Waals surface area contributed by atoms with Crippen LogP contribution in [0.4, 0.5) is 5.82 Å². The normalized spacial score (nSPS) is 10.1. The van der Waals surface area contributed by atoms with E-state index in [1.807, 2.05) is 19.1 Å². The van der Waals surface area contributed by atoms with Crippen molar-refractivity contribution < 1.29 is 9.53 Å². The van der Waals surface area contributed by atoms with Crippen LogP contribution in [0.15, 0.2) is 36.7 Å². The average molecular weight is 271 g/mol. The number of hydrogen-bond donors (Lipinski definition) is 1. The summed E-state index contributed by atoms with van der Waals surface area (Å²) >= 11 is 0. The second kappa shape index (κ2) is 6.65. The Kier molecular flexibility index (Phi) is 4.65. The Morgan fingerprint density at radius 1 is 1.30 bits per heavy atom. The second-order valence-corrected chi connectivity index (χ2v) is 4.27. The summed E-state index contributed by atoms with van der Waals surface area (Å²) in [6.45, 7) is 4.74. The summed E-state index contributed by atoms with van der Waals surface area (Å²) in [7, 11) is 0. The van der Waals surface area contributed by atoms with Gasteiger partial charge in [-0.05, 0) is 37.6 Å². The van der Waals surface area contributed by atoms with Crippen LogP contribution in [0.1, 0.15) is 28.5 Å². The Balaban J connectivity index is 1.98. The highest BCUT2D eigenvalue weighted by Gasteiger charge is 2.06. The van der Waals surface area contributed by atoms with E-state index in [0.717, 1.165) is 11.3 Å². The molecule has 0 bridgehead atoms. The van der Waals surface area contributed by atoms with Crippen molar-refractivity contribution in [1.29, 1.82) is 0 Å². The Hall–Kier alpha value is -2.43. The number of carbonyl (C=O) groups is 1. The lowest BCUT2D eigenvalue weighted by Crippen LogP contribution is -2.07. The van der Waals surface area contributed by atoms with E-state index in [9.17, 15) is 4.79 Å². The number of anilines is 1. The molecule has 0 aliphatic rings. The molecule has 0 spiro atoms. The lowest BCUT2D eigenvalue weighted by Gasteiger charge is -2.07. The third-order valence-corrected chi connectivity index (χ3v) is 2.83. The van der Waals surface area contributed by atoms with Crippen LogP contribution >= 0.6 is 0 Å². The van der Waals surface area contributed by atoms with Crippen LogP contribution in [0, 0.1) is 6.92 Å². The number of carbonyl (C=O) groups excluding carboxylic acids is 1. The van der Waals surface area contributed by atoms with Crippen LogP contribution in [0.2, 0.25) is 0 Å². The predicted molar refractivity (Wildman–Crippen MR) is 76.5 cm³/mol. The topological polar surface area (TPSA) is 64.1 Å². The Labute approximate surface area is 118 Å². The van der Waals surface area contributed by atoms with E-state index < -0.39 is 0 Å². The van der Waals surface area contributed by atoms with Crippen molar-refractivity contribution in [3.05, 3.63) is 53.5 Å². The van der Waals surface area contributed by atoms with Crippen LogP contribution in [-0.2, 0) is 11.3 Å². The molecule has 2 heterocycles. The highest BCUT2D eigenvalue weighted by molar-refractivity contribution is 5.89. The van der Waals surface area contributed by atoms with Crippen molar-refractivity contribution in [1.82, 2.24) is 9.97 Å². The van der Waals surface area contributed by atoms with Gasteiger partial charge in [0.15, 0.2) is 0 Å². The van der Waals surface area contributed by atoms with Gasteiger partial charge in [0.2, 0.25) is 0 Å². The quantitative estimate of drug-likeness (QED) is 0.847. The second-order valence-electron chi connectivity index (χ2n) is 4.27. The molecule has 1 N–H and O–H groups in total. The molecule has 5 heteroatoms. The zero-order chi connectivity index (χ0) is 14.4. The van der Waals surface area contributed by atoms with Gasteiger partial charge in [-0.15, -0.1) is 0 Å². The van der Waals surface area contributed by atoms with Gasteiger partial charge in [-0.3, -0.25) is 4.98 Å². The summed E-state index contributed by atoms with van der Waals surface area (Å²) in [6, 6.07) is 7.37. The fourth-order valence-corrected chi connectivity index (χ4v) is 1.71. The van der Waals surface area contributed by atoms with Crippen molar-refractivity contribution in [2.24, 2.45) is 0 Å². The zero-order valence-corrected chi connectivity index (χ0v) is 11.6. The van der Waals surface area contributed by atoms with Gasteiger partial charge >= 0.3 is 5.97 Å². The first-order valence-electron chi connectivity index (χ1n) is 6.48. The molecule has 104 valence electrons. The monoisotopic (exact) mass is 271 g/mol. The number of nitrogens with zero attached hydrogens (tertiary/aromatic N) is 2. The minimum atomic E-state index is -0.355. The predicted octanol–water partition coefficient (Wildman–Crippen LogP) is 2.57. The van der Waals surface area contributed by atoms with Gasteiger partial charge < -0.3 is 10.1 Å². The van der Waals surface area contributed by atoms with E-state index in [-0.39, 0.29) is 5.97 Å². The summed E-state index contributed by atoms with van der Waals surface area (Å²) in [4.78, 5) is 20.0. The lowest BCUT2D eigenvalue weighted by atomic mass is 10.2. The number of ether oxygens (including phenoxy) is 1. The molecule has 0 radical (unpaired) electrons. The van der Waals surface area contributed by atoms with Crippen molar-refractivity contribution in [3.8, 4) is 0 Å². The SMILES string of the molecule is CCOC(=O)c1ccc(NCc2ncccc2C)nc1. The Bertz CT molecular complexity index is 582. The van der Waals surface area contributed by atoms with E-state index in [0.29, 0.717) is 24.5 Å². The van der Waals surface area contributed by atoms with Crippen molar-refractivity contribution in [2.75, 3.05) is 11.9 Å². The first-order chi connectivity index (χ1) is 9.70. The molecule has 0 saturated heterocycles. The van der Waals surface area contributed by atoms with E-state index >= 15 is 0 Å². The van der Waals surface area contributed by atoms with Crippen LogP contribution in [0.25, 0.3) is 0 Å². The smallest absolute Gasteiger partial charge is 0.339 e. The van der Waals surface area contributed by atoms with Gasteiger partial charge in [0.1, 0.15) is 5.82 Å². The summed E-state index contributed by atoms with van der Waals surface area (Å²) in [6.07, 6.45) is 3.27. The highest BCUT2D eigenvalue weighted by Crippen LogP contribution is 2.09. The summed E-state index contributed by atoms with van der Waals surface area (Å²) in [5.41, 5.74) is 2.55. The van der Waals surface area contributed by atoms with E-state index in [1.165, 1.54) is 6.20 Å². The largest absolute Gasteiger partial charge is 0.462 e. The Morgan fingerprint density at radius 3 is 2.80 bits per heavy atom. The number of aryl methyl sites for hydroxylation is 1.